The largest absolute Gasteiger partial charge is 0.472 e. The van der Waals surface area contributed by atoms with Crippen LogP contribution in [0.3, 0.4) is 0 Å². The Labute approximate surface area is 651 Å². The standard InChI is InChI=1S/C87H170O17P2/c1-5-9-13-17-21-24-27-30-33-36-39-41-43-46-49-52-55-58-62-66-70-74-87(92)104-83(78-98-85(90)72-68-64-60-56-53-50-47-45-42-40-37-34-31-28-25-22-18-14-10-6-2)80-102-106(95,96)100-76-81(88)75-99-105(93,94)101-79-82(77-97-84(89)71-67-63-59-20-16-12-8-4)103-86(91)73-69-65-61-57-54-51-48-44-38-35-32-29-26-23-19-15-11-7-3/h81-83,88H,5-80H2,1-4H3,(H,93,94)(H,95,96)/t81-,82+,83+/m0/s1. The molecular weight excluding hydrogens is 1380 g/mol. The first-order chi connectivity index (χ1) is 51.7. The van der Waals surface area contributed by atoms with Gasteiger partial charge in [0.2, 0.25) is 0 Å². The monoisotopic (exact) mass is 1550 g/mol. The summed E-state index contributed by atoms with van der Waals surface area (Å²) in [5, 5.41) is 10.7. The lowest BCUT2D eigenvalue weighted by Crippen LogP contribution is -2.30. The van der Waals surface area contributed by atoms with Gasteiger partial charge in [0.1, 0.15) is 19.3 Å². The summed E-state index contributed by atoms with van der Waals surface area (Å²) in [6, 6.07) is 0. The summed E-state index contributed by atoms with van der Waals surface area (Å²) < 4.78 is 68.8. The third-order valence-corrected chi connectivity index (χ3v) is 22.5. The van der Waals surface area contributed by atoms with Crippen LogP contribution < -0.4 is 0 Å². The van der Waals surface area contributed by atoms with Crippen LogP contribution in [0.4, 0.5) is 0 Å². The highest BCUT2D eigenvalue weighted by molar-refractivity contribution is 7.47. The first kappa shape index (κ1) is 104. The van der Waals surface area contributed by atoms with E-state index < -0.39 is 97.5 Å². The Kier molecular flexibility index (Phi) is 79.6. The number of esters is 4. The number of aliphatic hydroxyl groups excluding tert-OH is 1. The maximum Gasteiger partial charge on any atom is 0.472 e. The Morgan fingerprint density at radius 2 is 0.377 bits per heavy atom. The molecule has 2 unspecified atom stereocenters. The molecule has 17 nitrogen and oxygen atoms in total. The van der Waals surface area contributed by atoms with E-state index in [0.29, 0.717) is 25.7 Å². The van der Waals surface area contributed by atoms with E-state index in [-0.39, 0.29) is 25.7 Å². The van der Waals surface area contributed by atoms with Crippen LogP contribution in [0.25, 0.3) is 0 Å². The van der Waals surface area contributed by atoms with E-state index >= 15 is 0 Å². The Balaban J connectivity index is 5.15. The SMILES string of the molecule is CCCCCCCCCCCCCCCCCCCCCCCC(=O)O[C@H](COC(=O)CCCCCCCCCCCCCCCCCCCCCC)COP(=O)(O)OC[C@@H](O)COP(=O)(O)OC[C@@H](COC(=O)CCCCCCCCC)OC(=O)CCCCCCCCCCCCCCCCCCCC. The Bertz CT molecular complexity index is 2000. The number of ether oxygens (including phenoxy) is 4. The summed E-state index contributed by atoms with van der Waals surface area (Å²) in [5.41, 5.74) is 0. The third-order valence-electron chi connectivity index (χ3n) is 20.6. The fourth-order valence-electron chi connectivity index (χ4n) is 13.7. The molecule has 0 rings (SSSR count). The van der Waals surface area contributed by atoms with Crippen molar-refractivity contribution in [2.24, 2.45) is 0 Å². The smallest absolute Gasteiger partial charge is 0.462 e. The van der Waals surface area contributed by atoms with Crippen molar-refractivity contribution in [3.63, 3.8) is 0 Å². The van der Waals surface area contributed by atoms with Crippen LogP contribution in [-0.4, -0.2) is 96.7 Å². The average molecular weight is 1550 g/mol. The van der Waals surface area contributed by atoms with Crippen molar-refractivity contribution in [2.75, 3.05) is 39.6 Å². The topological polar surface area (TPSA) is 237 Å². The molecule has 5 atom stereocenters. The Morgan fingerprint density at radius 1 is 0.226 bits per heavy atom. The fraction of sp³-hybridized carbons (Fsp3) is 0.954. The summed E-state index contributed by atoms with van der Waals surface area (Å²) in [4.78, 5) is 73.1. The van der Waals surface area contributed by atoms with Crippen LogP contribution in [0.1, 0.15) is 477 Å². The minimum absolute atomic E-state index is 0.109. The number of carbonyl (C=O) groups is 4. The molecule has 630 valence electrons. The lowest BCUT2D eigenvalue weighted by atomic mass is 10.0. The number of carbonyl (C=O) groups excluding carboxylic acids is 4. The molecule has 0 bridgehead atoms. The van der Waals surface area contributed by atoms with Gasteiger partial charge in [-0.05, 0) is 25.7 Å². The van der Waals surface area contributed by atoms with Crippen LogP contribution in [0.15, 0.2) is 0 Å². The summed E-state index contributed by atoms with van der Waals surface area (Å²) in [7, 11) is -9.92. The first-order valence-electron chi connectivity index (χ1n) is 45.3. The molecule has 0 fully saturated rings. The second-order valence-corrected chi connectivity index (χ2v) is 34.2. The Hall–Kier alpha value is -1.94. The van der Waals surface area contributed by atoms with Crippen LogP contribution in [-0.2, 0) is 65.4 Å². The maximum atomic E-state index is 13.1. The predicted molar refractivity (Wildman–Crippen MR) is 437 cm³/mol. The number of hydrogen-bond donors (Lipinski definition) is 3. The molecular formula is C87H170O17P2. The molecule has 0 aliphatic carbocycles. The van der Waals surface area contributed by atoms with Crippen LogP contribution in [0.2, 0.25) is 0 Å². The highest BCUT2D eigenvalue weighted by atomic mass is 31.2. The van der Waals surface area contributed by atoms with E-state index in [4.69, 9.17) is 37.0 Å². The number of aliphatic hydroxyl groups is 1. The molecule has 0 aromatic carbocycles. The number of unbranched alkanes of at least 4 members (excludes halogenated alkanes) is 62. The normalized spacial score (nSPS) is 13.7. The molecule has 19 heteroatoms. The highest BCUT2D eigenvalue weighted by Gasteiger charge is 2.30. The van der Waals surface area contributed by atoms with Gasteiger partial charge in [-0.15, -0.1) is 0 Å². The molecule has 0 aliphatic heterocycles. The van der Waals surface area contributed by atoms with Crippen molar-refractivity contribution in [3.05, 3.63) is 0 Å². The number of rotatable bonds is 88. The highest BCUT2D eigenvalue weighted by Crippen LogP contribution is 2.45. The third kappa shape index (κ3) is 80.1. The van der Waals surface area contributed by atoms with Gasteiger partial charge < -0.3 is 33.8 Å². The van der Waals surface area contributed by atoms with E-state index in [1.54, 1.807) is 0 Å². The maximum absolute atomic E-state index is 13.1. The summed E-state index contributed by atoms with van der Waals surface area (Å²) in [5.74, 6) is -2.10. The number of phosphoric ester groups is 2. The average Bonchev–Trinajstić information content (AvgIpc) is 0.902. The van der Waals surface area contributed by atoms with Crippen molar-refractivity contribution in [1.29, 1.82) is 0 Å². The lowest BCUT2D eigenvalue weighted by Gasteiger charge is -2.21. The molecule has 0 saturated carbocycles. The number of hydrogen-bond acceptors (Lipinski definition) is 15. The molecule has 0 heterocycles. The molecule has 0 spiro atoms. The zero-order chi connectivity index (χ0) is 77.4. The van der Waals surface area contributed by atoms with Gasteiger partial charge in [-0.2, -0.15) is 0 Å². The lowest BCUT2D eigenvalue weighted by molar-refractivity contribution is -0.161. The van der Waals surface area contributed by atoms with Crippen LogP contribution in [0.5, 0.6) is 0 Å². The van der Waals surface area contributed by atoms with Crippen molar-refractivity contribution in [2.45, 2.75) is 495 Å². The molecule has 0 saturated heterocycles. The van der Waals surface area contributed by atoms with Gasteiger partial charge in [-0.25, -0.2) is 9.13 Å². The van der Waals surface area contributed by atoms with Gasteiger partial charge in [0.15, 0.2) is 12.2 Å². The summed E-state index contributed by atoms with van der Waals surface area (Å²) >= 11 is 0. The van der Waals surface area contributed by atoms with Crippen LogP contribution >= 0.6 is 15.6 Å². The van der Waals surface area contributed by atoms with Gasteiger partial charge in [-0.1, -0.05) is 426 Å². The van der Waals surface area contributed by atoms with Crippen molar-refractivity contribution in [1.82, 2.24) is 0 Å². The van der Waals surface area contributed by atoms with Crippen molar-refractivity contribution >= 4 is 39.5 Å². The van der Waals surface area contributed by atoms with Crippen LogP contribution in [0, 0.1) is 0 Å². The van der Waals surface area contributed by atoms with E-state index in [2.05, 4.69) is 27.7 Å². The molecule has 106 heavy (non-hydrogen) atoms. The second kappa shape index (κ2) is 81.1. The van der Waals surface area contributed by atoms with Gasteiger partial charge in [0.25, 0.3) is 0 Å². The second-order valence-electron chi connectivity index (χ2n) is 31.3. The Morgan fingerprint density at radius 3 is 0.557 bits per heavy atom. The molecule has 0 amide bonds. The van der Waals surface area contributed by atoms with Crippen molar-refractivity contribution in [3.8, 4) is 0 Å². The minimum Gasteiger partial charge on any atom is -0.462 e. The molecule has 0 radical (unpaired) electrons. The molecule has 0 aromatic rings. The first-order valence-corrected chi connectivity index (χ1v) is 48.3. The van der Waals surface area contributed by atoms with Gasteiger partial charge in [0, 0.05) is 25.7 Å². The minimum atomic E-state index is -4.96. The van der Waals surface area contributed by atoms with E-state index in [1.165, 1.54) is 295 Å². The molecule has 0 aromatic heterocycles. The van der Waals surface area contributed by atoms with E-state index in [9.17, 15) is 43.2 Å². The van der Waals surface area contributed by atoms with E-state index in [1.807, 2.05) is 0 Å². The zero-order valence-corrected chi connectivity index (χ0v) is 71.2. The molecule has 0 aliphatic rings. The molecule has 3 N–H and O–H groups in total. The van der Waals surface area contributed by atoms with Gasteiger partial charge >= 0.3 is 39.5 Å². The predicted octanol–water partition coefficient (Wildman–Crippen LogP) is 26.9. The summed E-state index contributed by atoms with van der Waals surface area (Å²) in [6.07, 6.45) is 76.7. The zero-order valence-electron chi connectivity index (χ0n) is 69.4. The summed E-state index contributed by atoms with van der Waals surface area (Å²) in [6.45, 7) is 5.02. The number of phosphoric acid groups is 2. The van der Waals surface area contributed by atoms with Gasteiger partial charge in [0.05, 0.1) is 26.4 Å². The van der Waals surface area contributed by atoms with Gasteiger partial charge in [-0.3, -0.25) is 37.3 Å². The quantitative estimate of drug-likeness (QED) is 0.0222. The van der Waals surface area contributed by atoms with E-state index in [0.717, 1.165) is 103 Å². The fourth-order valence-corrected chi connectivity index (χ4v) is 15.3. The van der Waals surface area contributed by atoms with Crippen molar-refractivity contribution < 1.29 is 80.2 Å².